The summed E-state index contributed by atoms with van der Waals surface area (Å²) in [6, 6.07) is 8.85. The molecule has 1 aromatic carbocycles. The van der Waals surface area contributed by atoms with Crippen molar-refractivity contribution >= 4 is 21.4 Å². The van der Waals surface area contributed by atoms with E-state index in [-0.39, 0.29) is 0 Å². The minimum atomic E-state index is 0.985. The van der Waals surface area contributed by atoms with Crippen LogP contribution in [-0.4, -0.2) is 6.54 Å². The van der Waals surface area contributed by atoms with Gasteiger partial charge in [0.1, 0.15) is 0 Å². The number of nitrogens with one attached hydrogen (secondary N) is 1. The number of fused-ring (bicyclic) bond motifs is 1. The summed E-state index contributed by atoms with van der Waals surface area (Å²) in [7, 11) is 0. The van der Waals surface area contributed by atoms with Gasteiger partial charge in [-0.3, -0.25) is 0 Å². The van der Waals surface area contributed by atoms with E-state index < -0.39 is 0 Å². The molecule has 0 spiro atoms. The number of thiophene rings is 1. The molecule has 0 radical (unpaired) electrons. The molecule has 1 N–H and O–H groups in total. The van der Waals surface area contributed by atoms with Gasteiger partial charge in [-0.15, -0.1) is 11.3 Å². The molecule has 1 aliphatic rings. The van der Waals surface area contributed by atoms with E-state index in [1.807, 2.05) is 11.3 Å². The minimum Gasteiger partial charge on any atom is -0.313 e. The molecular formula is C17H23NS. The molecule has 1 nitrogen and oxygen atoms in total. The Morgan fingerprint density at radius 1 is 1.11 bits per heavy atom. The standard InChI is InChI=1S/C17H23NS/c1-2-5-14(6-3-1)9-11-18-13-16-8-4-7-15-10-12-19-17(15)16/h4,7-8,10,12,14,18H,1-3,5-6,9,11,13H2. The van der Waals surface area contributed by atoms with E-state index in [9.17, 15) is 0 Å². The van der Waals surface area contributed by atoms with Crippen molar-refractivity contribution in [1.82, 2.24) is 5.32 Å². The molecule has 19 heavy (non-hydrogen) atoms. The largest absolute Gasteiger partial charge is 0.313 e. The van der Waals surface area contributed by atoms with Crippen molar-refractivity contribution in [2.24, 2.45) is 5.92 Å². The zero-order chi connectivity index (χ0) is 12.9. The Morgan fingerprint density at radius 2 is 2.00 bits per heavy atom. The third-order valence-electron chi connectivity index (χ3n) is 4.33. The number of rotatable bonds is 5. The maximum Gasteiger partial charge on any atom is 0.0387 e. The molecule has 1 aromatic heterocycles. The van der Waals surface area contributed by atoms with Gasteiger partial charge in [-0.05, 0) is 41.3 Å². The zero-order valence-corrected chi connectivity index (χ0v) is 12.3. The maximum absolute atomic E-state index is 3.64. The lowest BCUT2D eigenvalue weighted by molar-refractivity contribution is 0.334. The van der Waals surface area contributed by atoms with Crippen LogP contribution >= 0.6 is 11.3 Å². The molecule has 2 aromatic rings. The highest BCUT2D eigenvalue weighted by Gasteiger charge is 2.12. The van der Waals surface area contributed by atoms with Crippen molar-refractivity contribution in [2.45, 2.75) is 45.1 Å². The SMILES string of the molecule is c1cc(CNCCC2CCCCC2)c2sccc2c1. The summed E-state index contributed by atoms with van der Waals surface area (Å²) >= 11 is 1.86. The third-order valence-corrected chi connectivity index (χ3v) is 5.34. The van der Waals surface area contributed by atoms with E-state index in [0.717, 1.165) is 12.5 Å². The van der Waals surface area contributed by atoms with Gasteiger partial charge in [0.25, 0.3) is 0 Å². The molecule has 0 atom stereocenters. The maximum atomic E-state index is 3.64. The molecule has 1 fully saturated rings. The molecule has 1 saturated carbocycles. The summed E-state index contributed by atoms with van der Waals surface area (Å²) in [6.07, 6.45) is 8.66. The lowest BCUT2D eigenvalue weighted by Gasteiger charge is -2.21. The second kappa shape index (κ2) is 6.53. The van der Waals surface area contributed by atoms with Crippen LogP contribution in [0.2, 0.25) is 0 Å². The van der Waals surface area contributed by atoms with Crippen molar-refractivity contribution in [1.29, 1.82) is 0 Å². The molecule has 0 saturated heterocycles. The molecule has 1 aliphatic carbocycles. The van der Waals surface area contributed by atoms with Gasteiger partial charge in [0.05, 0.1) is 0 Å². The molecule has 0 bridgehead atoms. The summed E-state index contributed by atoms with van der Waals surface area (Å²) in [5, 5.41) is 7.21. The fraction of sp³-hybridized carbons (Fsp3) is 0.529. The van der Waals surface area contributed by atoms with Crippen molar-refractivity contribution in [3.8, 4) is 0 Å². The van der Waals surface area contributed by atoms with Gasteiger partial charge < -0.3 is 5.32 Å². The summed E-state index contributed by atoms with van der Waals surface area (Å²) in [5.41, 5.74) is 1.45. The Bertz CT molecular complexity index is 511. The molecular weight excluding hydrogens is 250 g/mol. The van der Waals surface area contributed by atoms with Gasteiger partial charge in [-0.1, -0.05) is 50.3 Å². The average Bonchev–Trinajstić information content (AvgIpc) is 2.94. The third kappa shape index (κ3) is 3.37. The van der Waals surface area contributed by atoms with E-state index in [4.69, 9.17) is 0 Å². The Balaban J connectivity index is 1.48. The summed E-state index contributed by atoms with van der Waals surface area (Å²) < 4.78 is 1.45. The number of hydrogen-bond donors (Lipinski definition) is 1. The molecule has 1 heterocycles. The first kappa shape index (κ1) is 13.1. The predicted molar refractivity (Wildman–Crippen MR) is 84.7 cm³/mol. The van der Waals surface area contributed by atoms with Crippen molar-refractivity contribution in [2.75, 3.05) is 6.54 Å². The summed E-state index contributed by atoms with van der Waals surface area (Å²) in [6.45, 7) is 2.19. The lowest BCUT2D eigenvalue weighted by Crippen LogP contribution is -2.19. The molecule has 2 heteroatoms. The van der Waals surface area contributed by atoms with Gasteiger partial charge in [0.2, 0.25) is 0 Å². The van der Waals surface area contributed by atoms with Gasteiger partial charge in [0, 0.05) is 11.2 Å². The highest BCUT2D eigenvalue weighted by molar-refractivity contribution is 7.17. The van der Waals surface area contributed by atoms with Crippen LogP contribution in [-0.2, 0) is 6.54 Å². The molecule has 0 aliphatic heterocycles. The Labute approximate surface area is 120 Å². The van der Waals surface area contributed by atoms with Crippen LogP contribution in [0.4, 0.5) is 0 Å². The molecule has 3 rings (SSSR count). The van der Waals surface area contributed by atoms with Gasteiger partial charge in [-0.2, -0.15) is 0 Å². The first-order chi connectivity index (χ1) is 9.43. The lowest BCUT2D eigenvalue weighted by atomic mass is 9.87. The molecule has 0 unspecified atom stereocenters. The van der Waals surface area contributed by atoms with E-state index in [0.29, 0.717) is 0 Å². The van der Waals surface area contributed by atoms with Crippen LogP contribution in [0.5, 0.6) is 0 Å². The topological polar surface area (TPSA) is 12.0 Å². The first-order valence-corrected chi connectivity index (χ1v) is 8.47. The summed E-state index contributed by atoms with van der Waals surface area (Å²) in [4.78, 5) is 0. The van der Waals surface area contributed by atoms with Gasteiger partial charge in [0.15, 0.2) is 0 Å². The average molecular weight is 273 g/mol. The predicted octanol–water partition coefficient (Wildman–Crippen LogP) is 4.96. The number of hydrogen-bond acceptors (Lipinski definition) is 2. The monoisotopic (exact) mass is 273 g/mol. The van der Waals surface area contributed by atoms with Crippen LogP contribution in [0, 0.1) is 5.92 Å². The van der Waals surface area contributed by atoms with E-state index >= 15 is 0 Å². The molecule has 0 amide bonds. The Kier molecular flexibility index (Phi) is 4.52. The van der Waals surface area contributed by atoms with Crippen molar-refractivity contribution in [3.05, 3.63) is 35.2 Å². The van der Waals surface area contributed by atoms with Crippen LogP contribution in [0.3, 0.4) is 0 Å². The van der Waals surface area contributed by atoms with Crippen LogP contribution in [0.25, 0.3) is 10.1 Å². The second-order valence-electron chi connectivity index (χ2n) is 5.73. The Morgan fingerprint density at radius 3 is 2.89 bits per heavy atom. The molecule has 102 valence electrons. The smallest absolute Gasteiger partial charge is 0.0387 e. The second-order valence-corrected chi connectivity index (χ2v) is 6.64. The van der Waals surface area contributed by atoms with E-state index in [1.54, 1.807) is 0 Å². The van der Waals surface area contributed by atoms with Crippen LogP contribution in [0.15, 0.2) is 29.6 Å². The minimum absolute atomic E-state index is 0.985. The first-order valence-electron chi connectivity index (χ1n) is 7.59. The highest BCUT2D eigenvalue weighted by Crippen LogP contribution is 2.26. The fourth-order valence-electron chi connectivity index (χ4n) is 3.20. The van der Waals surface area contributed by atoms with E-state index in [2.05, 4.69) is 35.0 Å². The highest BCUT2D eigenvalue weighted by atomic mass is 32.1. The van der Waals surface area contributed by atoms with E-state index in [1.165, 1.54) is 60.7 Å². The zero-order valence-electron chi connectivity index (χ0n) is 11.5. The Hall–Kier alpha value is -0.860. The quantitative estimate of drug-likeness (QED) is 0.759. The fourth-order valence-corrected chi connectivity index (χ4v) is 4.11. The van der Waals surface area contributed by atoms with Crippen molar-refractivity contribution in [3.63, 3.8) is 0 Å². The van der Waals surface area contributed by atoms with Crippen molar-refractivity contribution < 1.29 is 0 Å². The number of benzene rings is 1. The van der Waals surface area contributed by atoms with Gasteiger partial charge >= 0.3 is 0 Å². The normalized spacial score (nSPS) is 17.1. The van der Waals surface area contributed by atoms with Gasteiger partial charge in [-0.25, -0.2) is 0 Å². The van der Waals surface area contributed by atoms with Crippen LogP contribution in [0.1, 0.15) is 44.1 Å². The summed E-state index contributed by atoms with van der Waals surface area (Å²) in [5.74, 6) is 0.985. The van der Waals surface area contributed by atoms with Crippen LogP contribution < -0.4 is 5.32 Å².